The number of anilines is 1. The third-order valence-electron chi connectivity index (χ3n) is 3.67. The number of nitrogens with one attached hydrogen (secondary N) is 1. The van der Waals surface area contributed by atoms with Gasteiger partial charge in [-0.05, 0) is 29.3 Å². The summed E-state index contributed by atoms with van der Waals surface area (Å²) in [5.41, 5.74) is 4.90. The van der Waals surface area contributed by atoms with Gasteiger partial charge in [0.25, 0.3) is 0 Å². The standard InChI is InChI=1S/C19H16ClNO2/c1-23-19(22)12-15-8-9-16(13-5-3-2-4-6-13)17-11-14(20)7-10-18(17)21-15/h2-7,9-12,21H,8H2,1H3. The van der Waals surface area contributed by atoms with Crippen LogP contribution in [0.25, 0.3) is 5.57 Å². The predicted molar refractivity (Wildman–Crippen MR) is 93.3 cm³/mol. The molecule has 0 saturated carbocycles. The van der Waals surface area contributed by atoms with Gasteiger partial charge in [-0.2, -0.15) is 0 Å². The quantitative estimate of drug-likeness (QED) is 0.645. The minimum absolute atomic E-state index is 0.375. The first-order chi connectivity index (χ1) is 11.2. The topological polar surface area (TPSA) is 38.3 Å². The van der Waals surface area contributed by atoms with Crippen LogP contribution in [0.3, 0.4) is 0 Å². The first kappa shape index (κ1) is 15.4. The van der Waals surface area contributed by atoms with Gasteiger partial charge in [-0.15, -0.1) is 0 Å². The number of carbonyl (C=O) groups is 1. The predicted octanol–water partition coefficient (Wildman–Crippen LogP) is 4.64. The summed E-state index contributed by atoms with van der Waals surface area (Å²) in [5.74, 6) is -0.375. The van der Waals surface area contributed by atoms with E-state index < -0.39 is 0 Å². The Hall–Kier alpha value is -2.52. The fourth-order valence-corrected chi connectivity index (χ4v) is 2.75. The zero-order valence-corrected chi connectivity index (χ0v) is 13.4. The number of fused-ring (bicyclic) bond motifs is 1. The molecule has 116 valence electrons. The van der Waals surface area contributed by atoms with Crippen LogP contribution in [0.2, 0.25) is 5.02 Å². The Morgan fingerprint density at radius 1 is 1.22 bits per heavy atom. The van der Waals surface area contributed by atoms with Crippen LogP contribution in [0.5, 0.6) is 0 Å². The highest BCUT2D eigenvalue weighted by Gasteiger charge is 2.16. The minimum Gasteiger partial charge on any atom is -0.466 e. The number of halogens is 1. The Balaban J connectivity index is 2.11. The third-order valence-corrected chi connectivity index (χ3v) is 3.91. The van der Waals surface area contributed by atoms with Crippen LogP contribution in [0.15, 0.2) is 66.4 Å². The van der Waals surface area contributed by atoms with Crippen LogP contribution < -0.4 is 5.32 Å². The molecule has 0 aliphatic carbocycles. The van der Waals surface area contributed by atoms with Crippen molar-refractivity contribution in [3.05, 3.63) is 82.5 Å². The molecule has 0 saturated heterocycles. The number of hydrogen-bond donors (Lipinski definition) is 1. The van der Waals surface area contributed by atoms with Gasteiger partial charge in [0, 0.05) is 34.5 Å². The summed E-state index contributed by atoms with van der Waals surface area (Å²) in [6.45, 7) is 0. The maximum Gasteiger partial charge on any atom is 0.332 e. The molecule has 23 heavy (non-hydrogen) atoms. The van der Waals surface area contributed by atoms with Crippen molar-refractivity contribution < 1.29 is 9.53 Å². The van der Waals surface area contributed by atoms with Gasteiger partial charge < -0.3 is 10.1 Å². The SMILES string of the molecule is COC(=O)C=C1CC=C(c2ccccc2)c2cc(Cl)ccc2N1. The molecular formula is C19H16ClNO2. The van der Waals surface area contributed by atoms with E-state index in [4.69, 9.17) is 16.3 Å². The second-order valence-electron chi connectivity index (χ2n) is 5.20. The molecule has 1 heterocycles. The molecule has 2 aromatic rings. The zero-order valence-electron chi connectivity index (χ0n) is 12.7. The van der Waals surface area contributed by atoms with Crippen LogP contribution in [0.4, 0.5) is 5.69 Å². The highest BCUT2D eigenvalue weighted by molar-refractivity contribution is 6.31. The highest BCUT2D eigenvalue weighted by atomic mass is 35.5. The van der Waals surface area contributed by atoms with Crippen molar-refractivity contribution in [2.45, 2.75) is 6.42 Å². The summed E-state index contributed by atoms with van der Waals surface area (Å²) < 4.78 is 4.72. The molecule has 1 aliphatic heterocycles. The van der Waals surface area contributed by atoms with Crippen LogP contribution in [-0.2, 0) is 9.53 Å². The highest BCUT2D eigenvalue weighted by Crippen LogP contribution is 2.35. The van der Waals surface area contributed by atoms with E-state index in [0.717, 1.165) is 28.1 Å². The maximum absolute atomic E-state index is 11.5. The van der Waals surface area contributed by atoms with E-state index in [-0.39, 0.29) is 5.97 Å². The maximum atomic E-state index is 11.5. The summed E-state index contributed by atoms with van der Waals surface area (Å²) in [4.78, 5) is 11.5. The lowest BCUT2D eigenvalue weighted by Crippen LogP contribution is -2.04. The molecule has 4 heteroatoms. The smallest absolute Gasteiger partial charge is 0.332 e. The summed E-state index contributed by atoms with van der Waals surface area (Å²) in [7, 11) is 1.37. The molecule has 0 unspecified atom stereocenters. The molecule has 2 aromatic carbocycles. The van der Waals surface area contributed by atoms with E-state index in [2.05, 4.69) is 23.5 Å². The van der Waals surface area contributed by atoms with Crippen molar-refractivity contribution in [2.75, 3.05) is 12.4 Å². The molecule has 1 N–H and O–H groups in total. The van der Waals surface area contributed by atoms with Crippen molar-refractivity contribution >= 4 is 28.8 Å². The summed E-state index contributed by atoms with van der Waals surface area (Å²) in [5, 5.41) is 3.98. The Bertz CT molecular complexity index is 794. The third kappa shape index (κ3) is 3.46. The van der Waals surface area contributed by atoms with Crippen molar-refractivity contribution in [2.24, 2.45) is 0 Å². The Morgan fingerprint density at radius 3 is 2.74 bits per heavy atom. The lowest BCUT2D eigenvalue weighted by atomic mass is 9.96. The number of rotatable bonds is 2. The Kier molecular flexibility index (Phi) is 4.49. The van der Waals surface area contributed by atoms with E-state index >= 15 is 0 Å². The van der Waals surface area contributed by atoms with Gasteiger partial charge in [0.05, 0.1) is 7.11 Å². The number of benzene rings is 2. The number of allylic oxidation sites excluding steroid dienone is 1. The van der Waals surface area contributed by atoms with Crippen molar-refractivity contribution in [3.8, 4) is 0 Å². The monoisotopic (exact) mass is 325 g/mol. The van der Waals surface area contributed by atoms with Gasteiger partial charge in [0.15, 0.2) is 0 Å². The zero-order chi connectivity index (χ0) is 16.2. The second kappa shape index (κ2) is 6.71. The van der Waals surface area contributed by atoms with Gasteiger partial charge >= 0.3 is 5.97 Å². The van der Waals surface area contributed by atoms with Crippen molar-refractivity contribution in [3.63, 3.8) is 0 Å². The molecule has 0 amide bonds. The molecular weight excluding hydrogens is 310 g/mol. The van der Waals surface area contributed by atoms with Gasteiger partial charge in [-0.25, -0.2) is 4.79 Å². The van der Waals surface area contributed by atoms with E-state index in [1.165, 1.54) is 13.2 Å². The van der Waals surface area contributed by atoms with Gasteiger partial charge in [0.2, 0.25) is 0 Å². The molecule has 0 aromatic heterocycles. The number of hydrogen-bond acceptors (Lipinski definition) is 3. The molecule has 0 spiro atoms. The Labute approximate surface area is 140 Å². The van der Waals surface area contributed by atoms with Crippen LogP contribution >= 0.6 is 11.6 Å². The molecule has 0 atom stereocenters. The Morgan fingerprint density at radius 2 is 2.00 bits per heavy atom. The van der Waals surface area contributed by atoms with E-state index in [9.17, 15) is 4.79 Å². The average Bonchev–Trinajstić information content (AvgIpc) is 2.74. The van der Waals surface area contributed by atoms with Crippen LogP contribution in [0.1, 0.15) is 17.5 Å². The first-order valence-corrected chi connectivity index (χ1v) is 7.66. The minimum atomic E-state index is -0.375. The van der Waals surface area contributed by atoms with Gasteiger partial charge in [-0.1, -0.05) is 48.0 Å². The van der Waals surface area contributed by atoms with Crippen LogP contribution in [-0.4, -0.2) is 13.1 Å². The number of carbonyl (C=O) groups excluding carboxylic acids is 1. The molecule has 0 radical (unpaired) electrons. The fourth-order valence-electron chi connectivity index (χ4n) is 2.58. The van der Waals surface area contributed by atoms with Gasteiger partial charge in [0.1, 0.15) is 0 Å². The van der Waals surface area contributed by atoms with E-state index in [1.807, 2.05) is 36.4 Å². The first-order valence-electron chi connectivity index (χ1n) is 7.28. The van der Waals surface area contributed by atoms with Crippen molar-refractivity contribution in [1.29, 1.82) is 0 Å². The summed E-state index contributed by atoms with van der Waals surface area (Å²) in [6, 6.07) is 15.8. The average molecular weight is 326 g/mol. The normalized spacial score (nSPS) is 15.2. The van der Waals surface area contributed by atoms with Gasteiger partial charge in [-0.3, -0.25) is 0 Å². The summed E-state index contributed by atoms with van der Waals surface area (Å²) in [6.07, 6.45) is 4.17. The van der Waals surface area contributed by atoms with E-state index in [0.29, 0.717) is 11.4 Å². The molecule has 3 rings (SSSR count). The number of methoxy groups -OCH3 is 1. The van der Waals surface area contributed by atoms with Crippen molar-refractivity contribution in [1.82, 2.24) is 0 Å². The number of esters is 1. The molecule has 0 bridgehead atoms. The lowest BCUT2D eigenvalue weighted by Gasteiger charge is -2.13. The largest absolute Gasteiger partial charge is 0.466 e. The van der Waals surface area contributed by atoms with Crippen LogP contribution in [0, 0.1) is 0 Å². The molecule has 1 aliphatic rings. The second-order valence-corrected chi connectivity index (χ2v) is 5.63. The lowest BCUT2D eigenvalue weighted by molar-refractivity contribution is -0.134. The summed E-state index contributed by atoms with van der Waals surface area (Å²) >= 11 is 6.18. The van der Waals surface area contributed by atoms with E-state index in [1.54, 1.807) is 0 Å². The molecule has 3 nitrogen and oxygen atoms in total. The number of ether oxygens (including phenoxy) is 1. The fraction of sp³-hybridized carbons (Fsp3) is 0.105. The molecule has 0 fully saturated rings.